The zero-order chi connectivity index (χ0) is 17.2. The standard InChI is InChI=1S/C13H12ClN3O5S/c1-17-5-4-9(7-17)23(21,22)16-13(20)15-11-6-8(14)2-3-10(11)12(18)19/h2-7H,1H3,(H,18,19)(H2,15,16,20). The summed E-state index contributed by atoms with van der Waals surface area (Å²) in [6, 6.07) is 3.97. The van der Waals surface area contributed by atoms with Crippen molar-refractivity contribution in [3.8, 4) is 0 Å². The van der Waals surface area contributed by atoms with Crippen molar-refractivity contribution in [3.05, 3.63) is 47.2 Å². The zero-order valence-corrected chi connectivity index (χ0v) is 13.4. The third-order valence-electron chi connectivity index (χ3n) is 2.80. The Kier molecular flexibility index (Phi) is 4.62. The number of carboxylic acid groups (broad SMARTS) is 1. The first-order chi connectivity index (χ1) is 10.7. The number of benzene rings is 1. The van der Waals surface area contributed by atoms with Crippen LogP contribution in [0.5, 0.6) is 0 Å². The average Bonchev–Trinajstić information content (AvgIpc) is 2.85. The van der Waals surface area contributed by atoms with E-state index < -0.39 is 22.0 Å². The molecule has 0 radical (unpaired) electrons. The lowest BCUT2D eigenvalue weighted by Crippen LogP contribution is -2.34. The maximum absolute atomic E-state index is 12.0. The Morgan fingerprint density at radius 3 is 2.52 bits per heavy atom. The highest BCUT2D eigenvalue weighted by Crippen LogP contribution is 2.21. The highest BCUT2D eigenvalue weighted by Gasteiger charge is 2.20. The van der Waals surface area contributed by atoms with Crippen molar-refractivity contribution in [2.24, 2.45) is 7.05 Å². The summed E-state index contributed by atoms with van der Waals surface area (Å²) < 4.78 is 27.3. The molecule has 122 valence electrons. The van der Waals surface area contributed by atoms with Crippen LogP contribution < -0.4 is 10.0 Å². The van der Waals surface area contributed by atoms with Crippen LogP contribution in [0.4, 0.5) is 10.5 Å². The van der Waals surface area contributed by atoms with Crippen molar-refractivity contribution in [2.45, 2.75) is 4.90 Å². The number of hydrogen-bond acceptors (Lipinski definition) is 4. The molecule has 10 heteroatoms. The summed E-state index contributed by atoms with van der Waals surface area (Å²) >= 11 is 5.75. The maximum Gasteiger partial charge on any atom is 0.337 e. The number of nitrogens with zero attached hydrogens (tertiary/aromatic N) is 1. The number of aromatic carboxylic acids is 1. The maximum atomic E-state index is 12.0. The molecular formula is C13H12ClN3O5S. The van der Waals surface area contributed by atoms with E-state index >= 15 is 0 Å². The monoisotopic (exact) mass is 357 g/mol. The molecular weight excluding hydrogens is 346 g/mol. The number of anilines is 1. The van der Waals surface area contributed by atoms with E-state index in [9.17, 15) is 18.0 Å². The van der Waals surface area contributed by atoms with Crippen LogP contribution in [-0.2, 0) is 17.1 Å². The van der Waals surface area contributed by atoms with E-state index in [1.165, 1.54) is 41.2 Å². The van der Waals surface area contributed by atoms with Gasteiger partial charge in [0, 0.05) is 24.5 Å². The summed E-state index contributed by atoms with van der Waals surface area (Å²) in [5.74, 6) is -1.29. The van der Waals surface area contributed by atoms with Gasteiger partial charge in [-0.1, -0.05) is 11.6 Å². The quantitative estimate of drug-likeness (QED) is 0.772. The molecule has 0 unspecified atom stereocenters. The third kappa shape index (κ3) is 4.02. The Balaban J connectivity index is 2.20. The van der Waals surface area contributed by atoms with Gasteiger partial charge in [0.15, 0.2) is 0 Å². The van der Waals surface area contributed by atoms with Gasteiger partial charge in [-0.3, -0.25) is 0 Å². The van der Waals surface area contributed by atoms with Gasteiger partial charge < -0.3 is 15.0 Å². The van der Waals surface area contributed by atoms with Crippen molar-refractivity contribution in [3.63, 3.8) is 0 Å². The number of rotatable bonds is 4. The molecule has 23 heavy (non-hydrogen) atoms. The molecule has 1 aromatic carbocycles. The van der Waals surface area contributed by atoms with E-state index in [1.807, 2.05) is 0 Å². The van der Waals surface area contributed by atoms with Crippen LogP contribution >= 0.6 is 11.6 Å². The van der Waals surface area contributed by atoms with Gasteiger partial charge in [-0.15, -0.1) is 0 Å². The minimum atomic E-state index is -4.07. The molecule has 0 spiro atoms. The fourth-order valence-electron chi connectivity index (χ4n) is 1.77. The van der Waals surface area contributed by atoms with Crippen LogP contribution in [-0.4, -0.2) is 30.1 Å². The zero-order valence-electron chi connectivity index (χ0n) is 11.8. The van der Waals surface area contributed by atoms with Gasteiger partial charge in [0.25, 0.3) is 10.0 Å². The number of amides is 2. The van der Waals surface area contributed by atoms with Crippen LogP contribution in [0.25, 0.3) is 0 Å². The number of carboxylic acids is 1. The molecule has 0 saturated heterocycles. The number of urea groups is 1. The minimum absolute atomic E-state index is 0.0975. The lowest BCUT2D eigenvalue weighted by molar-refractivity contribution is 0.0698. The first-order valence-corrected chi connectivity index (χ1v) is 8.04. The fraction of sp³-hybridized carbons (Fsp3) is 0.0769. The Bertz CT molecular complexity index is 875. The van der Waals surface area contributed by atoms with E-state index in [2.05, 4.69) is 5.32 Å². The lowest BCUT2D eigenvalue weighted by Gasteiger charge is -2.10. The number of carbonyl (C=O) groups is 2. The number of sulfonamides is 1. The van der Waals surface area contributed by atoms with E-state index in [1.54, 1.807) is 11.8 Å². The Morgan fingerprint density at radius 1 is 1.26 bits per heavy atom. The highest BCUT2D eigenvalue weighted by molar-refractivity contribution is 7.90. The summed E-state index contributed by atoms with van der Waals surface area (Å²) in [5, 5.41) is 11.4. The van der Waals surface area contributed by atoms with Crippen LogP contribution in [0, 0.1) is 0 Å². The second kappa shape index (κ2) is 6.31. The van der Waals surface area contributed by atoms with Crippen molar-refractivity contribution in [1.82, 2.24) is 9.29 Å². The van der Waals surface area contributed by atoms with E-state index in [-0.39, 0.29) is 21.2 Å². The predicted molar refractivity (Wildman–Crippen MR) is 83.2 cm³/mol. The lowest BCUT2D eigenvalue weighted by atomic mass is 10.2. The molecule has 0 aliphatic heterocycles. The first kappa shape index (κ1) is 16.8. The molecule has 8 nitrogen and oxygen atoms in total. The van der Waals surface area contributed by atoms with Crippen molar-refractivity contribution in [2.75, 3.05) is 5.32 Å². The van der Waals surface area contributed by atoms with Gasteiger partial charge in [0.05, 0.1) is 11.3 Å². The van der Waals surface area contributed by atoms with Gasteiger partial charge in [-0.2, -0.15) is 0 Å². The second-order valence-corrected chi connectivity index (χ2v) is 6.69. The summed E-state index contributed by atoms with van der Waals surface area (Å²) in [6.07, 6.45) is 2.82. The van der Waals surface area contributed by atoms with E-state index in [0.29, 0.717) is 0 Å². The first-order valence-electron chi connectivity index (χ1n) is 6.17. The summed E-state index contributed by atoms with van der Waals surface area (Å²) in [7, 11) is -2.44. The summed E-state index contributed by atoms with van der Waals surface area (Å²) in [4.78, 5) is 22.8. The van der Waals surface area contributed by atoms with Crippen molar-refractivity contribution in [1.29, 1.82) is 0 Å². The second-order valence-electron chi connectivity index (χ2n) is 4.57. The fourth-order valence-corrected chi connectivity index (χ4v) is 2.90. The Morgan fingerprint density at radius 2 is 1.96 bits per heavy atom. The number of aryl methyl sites for hydroxylation is 1. The van der Waals surface area contributed by atoms with Crippen molar-refractivity contribution < 1.29 is 23.1 Å². The average molecular weight is 358 g/mol. The topological polar surface area (TPSA) is 118 Å². The highest BCUT2D eigenvalue weighted by atomic mass is 35.5. The number of carbonyl (C=O) groups excluding carboxylic acids is 1. The molecule has 1 heterocycles. The molecule has 0 aliphatic carbocycles. The molecule has 0 bridgehead atoms. The molecule has 0 fully saturated rings. The molecule has 2 aromatic rings. The van der Waals surface area contributed by atoms with E-state index in [0.717, 1.165) is 0 Å². The predicted octanol–water partition coefficient (Wildman–Crippen LogP) is 1.89. The molecule has 0 aliphatic rings. The third-order valence-corrected chi connectivity index (χ3v) is 4.35. The summed E-state index contributed by atoms with van der Waals surface area (Å²) in [5.41, 5.74) is -0.340. The number of aromatic nitrogens is 1. The smallest absolute Gasteiger partial charge is 0.337 e. The largest absolute Gasteiger partial charge is 0.478 e. The molecule has 0 saturated carbocycles. The van der Waals surface area contributed by atoms with Gasteiger partial charge in [0.1, 0.15) is 4.90 Å². The Labute approximate surface area is 136 Å². The van der Waals surface area contributed by atoms with Gasteiger partial charge >= 0.3 is 12.0 Å². The minimum Gasteiger partial charge on any atom is -0.478 e. The number of halogens is 1. The Hall–Kier alpha value is -2.52. The van der Waals surface area contributed by atoms with Crippen LogP contribution in [0.1, 0.15) is 10.4 Å². The number of hydrogen-bond donors (Lipinski definition) is 3. The van der Waals surface area contributed by atoms with Crippen LogP contribution in [0.3, 0.4) is 0 Å². The normalized spacial score (nSPS) is 11.0. The summed E-state index contributed by atoms with van der Waals surface area (Å²) in [6.45, 7) is 0. The molecule has 3 N–H and O–H groups in total. The van der Waals surface area contributed by atoms with Gasteiger partial charge in [-0.05, 0) is 24.3 Å². The van der Waals surface area contributed by atoms with Crippen LogP contribution in [0.2, 0.25) is 5.02 Å². The molecule has 1 aromatic heterocycles. The number of nitrogens with one attached hydrogen (secondary N) is 2. The molecule has 0 atom stereocenters. The SMILES string of the molecule is Cn1ccc(S(=O)(=O)NC(=O)Nc2cc(Cl)ccc2C(=O)O)c1. The van der Waals surface area contributed by atoms with Crippen molar-refractivity contribution >= 4 is 39.3 Å². The van der Waals surface area contributed by atoms with Gasteiger partial charge in [0.2, 0.25) is 0 Å². The van der Waals surface area contributed by atoms with Gasteiger partial charge in [-0.25, -0.2) is 22.7 Å². The van der Waals surface area contributed by atoms with E-state index in [4.69, 9.17) is 16.7 Å². The van der Waals surface area contributed by atoms with Crippen LogP contribution in [0.15, 0.2) is 41.6 Å². The molecule has 2 amide bonds. The molecule has 2 rings (SSSR count).